The van der Waals surface area contributed by atoms with Gasteiger partial charge in [-0.25, -0.2) is 18.1 Å². The molecule has 124 valence electrons. The summed E-state index contributed by atoms with van der Waals surface area (Å²) >= 11 is 5.82. The van der Waals surface area contributed by atoms with Crippen molar-refractivity contribution in [3.05, 3.63) is 40.8 Å². The van der Waals surface area contributed by atoms with Crippen LogP contribution in [0.3, 0.4) is 0 Å². The van der Waals surface area contributed by atoms with E-state index in [2.05, 4.69) is 15.4 Å². The van der Waals surface area contributed by atoms with Gasteiger partial charge in [0.2, 0.25) is 0 Å². The highest BCUT2D eigenvalue weighted by molar-refractivity contribution is 7.91. The Labute approximate surface area is 143 Å². The van der Waals surface area contributed by atoms with Gasteiger partial charge in [-0.2, -0.15) is 10.4 Å². The molecule has 1 N–H and O–H groups in total. The van der Waals surface area contributed by atoms with E-state index in [4.69, 9.17) is 16.9 Å². The van der Waals surface area contributed by atoms with Crippen LogP contribution in [0.1, 0.15) is 28.5 Å². The highest BCUT2D eigenvalue weighted by Crippen LogP contribution is 2.26. The molecule has 3 rings (SSSR count). The summed E-state index contributed by atoms with van der Waals surface area (Å²) < 4.78 is 24.7. The van der Waals surface area contributed by atoms with E-state index in [0.29, 0.717) is 12.2 Å². The van der Waals surface area contributed by atoms with Crippen LogP contribution in [0.2, 0.25) is 5.15 Å². The Hall–Kier alpha value is -2.44. The van der Waals surface area contributed by atoms with Crippen molar-refractivity contribution >= 4 is 33.2 Å². The average Bonchev–Trinajstić information content (AvgIpc) is 3.13. The predicted octanol–water partition coefficient (Wildman–Crippen LogP) is 1.42. The first-order valence-corrected chi connectivity index (χ1v) is 9.21. The summed E-state index contributed by atoms with van der Waals surface area (Å²) in [7, 11) is -3.07. The van der Waals surface area contributed by atoms with Crippen LogP contribution in [0.5, 0.6) is 0 Å². The van der Waals surface area contributed by atoms with Gasteiger partial charge in [0.05, 0.1) is 29.3 Å². The van der Waals surface area contributed by atoms with Gasteiger partial charge in [-0.15, -0.1) is 0 Å². The standard InChI is InChI=1S/C14H12ClN5O3S/c15-13-9(7-16)1-2-11(18-13)14(21)19-12-3-5-17-20(12)10-4-6-24(22,23)8-10/h1-3,5,10H,4,6,8H2,(H,19,21). The van der Waals surface area contributed by atoms with Crippen LogP contribution in [-0.2, 0) is 9.84 Å². The lowest BCUT2D eigenvalue weighted by Crippen LogP contribution is -2.20. The van der Waals surface area contributed by atoms with Gasteiger partial charge in [0, 0.05) is 6.07 Å². The lowest BCUT2D eigenvalue weighted by Gasteiger charge is -2.13. The third kappa shape index (κ3) is 3.25. The van der Waals surface area contributed by atoms with Crippen LogP contribution >= 0.6 is 11.6 Å². The number of hydrogen-bond acceptors (Lipinski definition) is 6. The summed E-state index contributed by atoms with van der Waals surface area (Å²) in [5.74, 6) is -0.0377. The molecule has 1 aliphatic heterocycles. The summed E-state index contributed by atoms with van der Waals surface area (Å²) in [4.78, 5) is 16.2. The molecule has 8 nitrogen and oxygen atoms in total. The fourth-order valence-electron chi connectivity index (χ4n) is 2.50. The molecule has 1 amide bonds. The molecule has 1 aliphatic rings. The molecule has 1 fully saturated rings. The number of pyridine rings is 1. The number of nitriles is 1. The zero-order valence-corrected chi connectivity index (χ0v) is 13.9. The van der Waals surface area contributed by atoms with Gasteiger partial charge in [0.1, 0.15) is 22.7 Å². The molecule has 2 aromatic heterocycles. The maximum Gasteiger partial charge on any atom is 0.275 e. The topological polar surface area (TPSA) is 118 Å². The van der Waals surface area contributed by atoms with Crippen LogP contribution in [0.25, 0.3) is 0 Å². The molecule has 0 bridgehead atoms. The molecule has 2 aromatic rings. The molecular formula is C14H12ClN5O3S. The van der Waals surface area contributed by atoms with Gasteiger partial charge in [-0.05, 0) is 18.6 Å². The third-order valence-corrected chi connectivity index (χ3v) is 5.71. The fourth-order valence-corrected chi connectivity index (χ4v) is 4.39. The molecule has 0 aromatic carbocycles. The SMILES string of the molecule is N#Cc1ccc(C(=O)Nc2ccnn2C2CCS(=O)(=O)C2)nc1Cl. The maximum absolute atomic E-state index is 12.3. The summed E-state index contributed by atoms with van der Waals surface area (Å²) in [5, 5.41) is 15.5. The number of amides is 1. The average molecular weight is 366 g/mol. The molecule has 0 radical (unpaired) electrons. The Morgan fingerprint density at radius 3 is 2.83 bits per heavy atom. The van der Waals surface area contributed by atoms with Gasteiger partial charge in [-0.3, -0.25) is 4.79 Å². The van der Waals surface area contributed by atoms with Crippen LogP contribution in [-0.4, -0.2) is 40.6 Å². The van der Waals surface area contributed by atoms with Gasteiger partial charge < -0.3 is 5.32 Å². The lowest BCUT2D eigenvalue weighted by atomic mass is 10.2. The lowest BCUT2D eigenvalue weighted by molar-refractivity contribution is 0.102. The Balaban J connectivity index is 1.80. The van der Waals surface area contributed by atoms with Crippen molar-refractivity contribution in [1.29, 1.82) is 5.26 Å². The number of sulfone groups is 1. The second kappa shape index (κ2) is 6.22. The van der Waals surface area contributed by atoms with E-state index in [1.165, 1.54) is 23.0 Å². The Bertz CT molecular complexity index is 948. The molecule has 0 spiro atoms. The Morgan fingerprint density at radius 2 is 2.21 bits per heavy atom. The van der Waals surface area contributed by atoms with Crippen LogP contribution in [0, 0.1) is 11.3 Å². The first-order valence-electron chi connectivity index (χ1n) is 7.01. The van der Waals surface area contributed by atoms with Crippen molar-refractivity contribution in [3.8, 4) is 6.07 Å². The highest BCUT2D eigenvalue weighted by atomic mass is 35.5. The monoisotopic (exact) mass is 365 g/mol. The normalized spacial score (nSPS) is 18.9. The molecule has 1 unspecified atom stereocenters. The van der Waals surface area contributed by atoms with Crippen molar-refractivity contribution < 1.29 is 13.2 Å². The number of carbonyl (C=O) groups excluding carboxylic acids is 1. The van der Waals surface area contributed by atoms with Crippen LogP contribution in [0.4, 0.5) is 5.82 Å². The minimum absolute atomic E-state index is 0.00149. The number of nitrogens with one attached hydrogen (secondary N) is 1. The van der Waals surface area contributed by atoms with Crippen molar-refractivity contribution in [1.82, 2.24) is 14.8 Å². The Morgan fingerprint density at radius 1 is 1.42 bits per heavy atom. The van der Waals surface area contributed by atoms with Crippen molar-refractivity contribution in [2.45, 2.75) is 12.5 Å². The van der Waals surface area contributed by atoms with Gasteiger partial charge in [0.15, 0.2) is 9.84 Å². The highest BCUT2D eigenvalue weighted by Gasteiger charge is 2.31. The smallest absolute Gasteiger partial charge is 0.275 e. The van der Waals surface area contributed by atoms with Crippen molar-refractivity contribution in [2.75, 3.05) is 16.8 Å². The fraction of sp³-hybridized carbons (Fsp3) is 0.286. The van der Waals surface area contributed by atoms with E-state index in [-0.39, 0.29) is 34.0 Å². The molecule has 0 aliphatic carbocycles. The zero-order valence-electron chi connectivity index (χ0n) is 12.3. The molecule has 1 saturated heterocycles. The van der Waals surface area contributed by atoms with E-state index in [1.807, 2.05) is 6.07 Å². The molecule has 1 atom stereocenters. The number of anilines is 1. The summed E-state index contributed by atoms with van der Waals surface area (Å²) in [6.45, 7) is 0. The second-order valence-electron chi connectivity index (χ2n) is 5.32. The molecular weight excluding hydrogens is 354 g/mol. The quantitative estimate of drug-likeness (QED) is 0.822. The first kappa shape index (κ1) is 16.4. The zero-order chi connectivity index (χ0) is 17.3. The second-order valence-corrected chi connectivity index (χ2v) is 7.91. The largest absolute Gasteiger partial charge is 0.305 e. The minimum atomic E-state index is -3.07. The van der Waals surface area contributed by atoms with Gasteiger partial charge >= 0.3 is 0 Å². The first-order chi connectivity index (χ1) is 11.4. The summed E-state index contributed by atoms with van der Waals surface area (Å²) in [6, 6.07) is 5.93. The predicted molar refractivity (Wildman–Crippen MR) is 86.5 cm³/mol. The molecule has 3 heterocycles. The van der Waals surface area contributed by atoms with E-state index in [9.17, 15) is 13.2 Å². The number of hydrogen-bond donors (Lipinski definition) is 1. The van der Waals surface area contributed by atoms with Gasteiger partial charge in [-0.1, -0.05) is 11.6 Å². The van der Waals surface area contributed by atoms with Crippen molar-refractivity contribution in [3.63, 3.8) is 0 Å². The number of nitrogens with zero attached hydrogens (tertiary/aromatic N) is 4. The van der Waals surface area contributed by atoms with E-state index >= 15 is 0 Å². The van der Waals surface area contributed by atoms with E-state index in [0.717, 1.165) is 0 Å². The summed E-state index contributed by atoms with van der Waals surface area (Å²) in [5.41, 5.74) is 0.222. The van der Waals surface area contributed by atoms with Crippen LogP contribution in [0.15, 0.2) is 24.4 Å². The third-order valence-electron chi connectivity index (χ3n) is 3.67. The molecule has 10 heteroatoms. The van der Waals surface area contributed by atoms with E-state index < -0.39 is 15.7 Å². The van der Waals surface area contributed by atoms with Crippen molar-refractivity contribution in [2.24, 2.45) is 0 Å². The molecule has 0 saturated carbocycles. The Kier molecular flexibility index (Phi) is 4.26. The van der Waals surface area contributed by atoms with Crippen LogP contribution < -0.4 is 5.32 Å². The number of rotatable bonds is 3. The number of carbonyl (C=O) groups is 1. The summed E-state index contributed by atoms with van der Waals surface area (Å²) in [6.07, 6.45) is 1.94. The number of aromatic nitrogens is 3. The minimum Gasteiger partial charge on any atom is -0.305 e. The number of halogens is 1. The van der Waals surface area contributed by atoms with Gasteiger partial charge in [0.25, 0.3) is 5.91 Å². The molecule has 24 heavy (non-hydrogen) atoms. The van der Waals surface area contributed by atoms with E-state index in [1.54, 1.807) is 6.07 Å². The maximum atomic E-state index is 12.3.